The number of fused-ring (bicyclic) bond motifs is 1. The van der Waals surface area contributed by atoms with E-state index in [4.69, 9.17) is 5.41 Å². The third-order valence-electron chi connectivity index (χ3n) is 15.2. The molecule has 0 saturated heterocycles. The molecule has 1 aliphatic heterocycles. The molecule has 372 valence electrons. The van der Waals surface area contributed by atoms with Crippen molar-refractivity contribution in [2.75, 3.05) is 5.32 Å². The second kappa shape index (κ2) is 19.1. The van der Waals surface area contributed by atoms with E-state index in [9.17, 15) is 0 Å². The Balaban J connectivity index is 1.09. The van der Waals surface area contributed by atoms with Gasteiger partial charge in [0.15, 0.2) is 0 Å². The van der Waals surface area contributed by atoms with Crippen molar-refractivity contribution in [1.29, 1.82) is 5.41 Å². The lowest BCUT2D eigenvalue weighted by molar-refractivity contribution is 0.372. The Morgan fingerprint density at radius 2 is 0.658 bits per heavy atom. The third-order valence-corrected chi connectivity index (χ3v) is 15.2. The molecule has 3 heteroatoms. The average Bonchev–Trinajstić information content (AvgIpc) is 3.71. The van der Waals surface area contributed by atoms with Crippen molar-refractivity contribution < 1.29 is 0 Å². The van der Waals surface area contributed by atoms with Gasteiger partial charge in [-0.05, 0) is 203 Å². The number of amidine groups is 1. The van der Waals surface area contributed by atoms with Crippen molar-refractivity contribution in [3.63, 3.8) is 0 Å². The maximum atomic E-state index is 9.04. The lowest BCUT2D eigenvalue weighted by Gasteiger charge is -2.29. The van der Waals surface area contributed by atoms with Gasteiger partial charge < -0.3 is 10.2 Å². The summed E-state index contributed by atoms with van der Waals surface area (Å²) >= 11 is 0. The lowest BCUT2D eigenvalue weighted by atomic mass is 9.85. The van der Waals surface area contributed by atoms with Crippen LogP contribution in [0, 0.1) is 19.3 Å². The van der Waals surface area contributed by atoms with E-state index in [0.717, 1.165) is 11.3 Å². The summed E-state index contributed by atoms with van der Waals surface area (Å²) in [7, 11) is 0. The minimum atomic E-state index is -0.213. The fraction of sp³-hybridized carbons (Fsp3) is 0.300. The Hall–Kier alpha value is -6.97. The Labute approximate surface area is 438 Å². The number of hydrogen-bond acceptors (Lipinski definition) is 2. The number of anilines is 1. The molecule has 0 amide bonds. The largest absolute Gasteiger partial charge is 0.361 e. The number of rotatable bonds is 8. The summed E-state index contributed by atoms with van der Waals surface area (Å²) in [6.07, 6.45) is -0.213. The van der Waals surface area contributed by atoms with Gasteiger partial charge in [0, 0.05) is 17.8 Å². The zero-order chi connectivity index (χ0) is 52.4. The molecule has 0 spiro atoms. The molecule has 3 nitrogen and oxygen atoms in total. The number of nitrogens with one attached hydrogen (secondary N) is 2. The first-order valence-corrected chi connectivity index (χ1v) is 26.4. The molecule has 0 aliphatic carbocycles. The molecule has 0 aromatic heterocycles. The van der Waals surface area contributed by atoms with E-state index >= 15 is 0 Å². The van der Waals surface area contributed by atoms with Crippen LogP contribution in [0.5, 0.6) is 0 Å². The Morgan fingerprint density at radius 3 is 0.959 bits per heavy atom. The van der Waals surface area contributed by atoms with Crippen LogP contribution in [0.15, 0.2) is 164 Å². The number of nitrogens with zero attached hydrogens (tertiary/aromatic N) is 1. The minimum absolute atomic E-state index is 0.0761. The standard InChI is InChI=1S/C70H77N3/c1-44-34-53(59-40-56(49-22-30-62(31-23-49)69(10,11)12)37-57(41-59)50-24-32-63(33-25-50)70(13,14)15)35-45(2)65(44)72-66-64-42-51(16-17-52(64)43-73(66)46(3)71)58-38-54(47-18-26-60(27-19-47)67(4,5)6)36-55(39-58)48-20-28-61(29-21-48)68(7,8)9/h16-42,66,71-72H,43H2,1-15H3. The molecule has 8 aromatic carbocycles. The normalized spacial score (nSPS) is 14.1. The molecule has 2 N–H and O–H groups in total. The zero-order valence-electron chi connectivity index (χ0n) is 46.3. The first-order chi connectivity index (χ1) is 34.3. The second-order valence-electron chi connectivity index (χ2n) is 25.1. The summed E-state index contributed by atoms with van der Waals surface area (Å²) in [5.74, 6) is 0.541. The monoisotopic (exact) mass is 960 g/mol. The number of benzene rings is 8. The van der Waals surface area contributed by atoms with Crippen molar-refractivity contribution in [3.05, 3.63) is 208 Å². The highest BCUT2D eigenvalue weighted by Crippen LogP contribution is 2.43. The molecule has 0 fully saturated rings. The van der Waals surface area contributed by atoms with Crippen molar-refractivity contribution in [2.45, 2.75) is 138 Å². The van der Waals surface area contributed by atoms with Crippen LogP contribution in [0.3, 0.4) is 0 Å². The van der Waals surface area contributed by atoms with Crippen LogP contribution < -0.4 is 5.32 Å². The van der Waals surface area contributed by atoms with Gasteiger partial charge in [0.25, 0.3) is 0 Å². The molecule has 0 bridgehead atoms. The van der Waals surface area contributed by atoms with E-state index in [1.165, 1.54) is 106 Å². The minimum Gasteiger partial charge on any atom is -0.361 e. The molecular weight excluding hydrogens is 883 g/mol. The van der Waals surface area contributed by atoms with Crippen LogP contribution in [-0.4, -0.2) is 10.7 Å². The Kier molecular flexibility index (Phi) is 13.4. The molecule has 8 aromatic rings. The smallest absolute Gasteiger partial charge is 0.127 e. The van der Waals surface area contributed by atoms with Gasteiger partial charge in [-0.2, -0.15) is 0 Å². The van der Waals surface area contributed by atoms with Gasteiger partial charge in [-0.25, -0.2) is 0 Å². The first kappa shape index (κ1) is 51.0. The van der Waals surface area contributed by atoms with Crippen LogP contribution in [0.4, 0.5) is 5.69 Å². The fourth-order valence-electron chi connectivity index (χ4n) is 10.5. The Bertz CT molecular complexity index is 3150. The van der Waals surface area contributed by atoms with Gasteiger partial charge >= 0.3 is 0 Å². The molecule has 9 rings (SSSR count). The third kappa shape index (κ3) is 10.9. The molecule has 1 unspecified atom stereocenters. The second-order valence-corrected chi connectivity index (χ2v) is 25.1. The number of aryl methyl sites for hydroxylation is 2. The van der Waals surface area contributed by atoms with E-state index in [1.54, 1.807) is 0 Å². The molecule has 1 heterocycles. The van der Waals surface area contributed by atoms with Gasteiger partial charge in [0.05, 0.1) is 5.84 Å². The molecule has 0 saturated carbocycles. The van der Waals surface area contributed by atoms with Crippen molar-refractivity contribution in [3.8, 4) is 66.8 Å². The van der Waals surface area contributed by atoms with Crippen LogP contribution in [0.1, 0.15) is 141 Å². The SMILES string of the molecule is CC(=N)N1Cc2ccc(-c3cc(-c4ccc(C(C)(C)C)cc4)cc(-c4ccc(C(C)(C)C)cc4)c3)cc2C1Nc1c(C)cc(-c2cc(-c3ccc(C(C)(C)C)cc3)cc(-c3ccc(C(C)(C)C)cc3)c2)cc1C. The van der Waals surface area contributed by atoms with Crippen LogP contribution >= 0.6 is 0 Å². The van der Waals surface area contributed by atoms with Crippen molar-refractivity contribution in [2.24, 2.45) is 0 Å². The highest BCUT2D eigenvalue weighted by molar-refractivity contribution is 5.85. The van der Waals surface area contributed by atoms with Gasteiger partial charge in [0.2, 0.25) is 0 Å². The van der Waals surface area contributed by atoms with E-state index in [1.807, 2.05) is 6.92 Å². The fourth-order valence-corrected chi connectivity index (χ4v) is 10.5. The van der Waals surface area contributed by atoms with Gasteiger partial charge in [-0.1, -0.05) is 192 Å². The molecule has 73 heavy (non-hydrogen) atoms. The summed E-state index contributed by atoms with van der Waals surface area (Å²) in [6.45, 7) is 34.3. The summed E-state index contributed by atoms with van der Waals surface area (Å²) in [5.41, 5.74) is 25.9. The maximum absolute atomic E-state index is 9.04. The maximum Gasteiger partial charge on any atom is 0.127 e. The topological polar surface area (TPSA) is 39.1 Å². The van der Waals surface area contributed by atoms with Crippen molar-refractivity contribution in [1.82, 2.24) is 4.90 Å². The van der Waals surface area contributed by atoms with Crippen LogP contribution in [0.25, 0.3) is 66.8 Å². The molecular formula is C70H77N3. The predicted molar refractivity (Wildman–Crippen MR) is 315 cm³/mol. The number of hydrogen-bond donors (Lipinski definition) is 2. The van der Waals surface area contributed by atoms with Gasteiger partial charge in [-0.3, -0.25) is 5.41 Å². The van der Waals surface area contributed by atoms with Gasteiger partial charge in [0.1, 0.15) is 6.17 Å². The zero-order valence-corrected chi connectivity index (χ0v) is 46.3. The summed E-state index contributed by atoms with van der Waals surface area (Å²) in [4.78, 5) is 2.20. The summed E-state index contributed by atoms with van der Waals surface area (Å²) < 4.78 is 0. The molecule has 1 atom stereocenters. The van der Waals surface area contributed by atoms with Crippen molar-refractivity contribution >= 4 is 11.5 Å². The van der Waals surface area contributed by atoms with Crippen LogP contribution in [0.2, 0.25) is 0 Å². The highest BCUT2D eigenvalue weighted by Gasteiger charge is 2.32. The van der Waals surface area contributed by atoms with E-state index < -0.39 is 0 Å². The summed E-state index contributed by atoms with van der Waals surface area (Å²) in [6, 6.07) is 62.2. The lowest BCUT2D eigenvalue weighted by Crippen LogP contribution is -2.31. The highest BCUT2D eigenvalue weighted by atomic mass is 15.3. The summed E-state index contributed by atoms with van der Waals surface area (Å²) in [5, 5.41) is 13.1. The van der Waals surface area contributed by atoms with Crippen LogP contribution in [-0.2, 0) is 28.2 Å². The Morgan fingerprint density at radius 1 is 0.384 bits per heavy atom. The molecule has 0 radical (unpaired) electrons. The van der Waals surface area contributed by atoms with E-state index in [-0.39, 0.29) is 27.8 Å². The van der Waals surface area contributed by atoms with Gasteiger partial charge in [-0.15, -0.1) is 0 Å². The van der Waals surface area contributed by atoms with E-state index in [2.05, 4.69) is 271 Å². The van der Waals surface area contributed by atoms with E-state index in [0.29, 0.717) is 12.4 Å². The first-order valence-electron chi connectivity index (χ1n) is 26.4. The molecule has 1 aliphatic rings. The average molecular weight is 960 g/mol. The quantitative estimate of drug-likeness (QED) is 0.118. The predicted octanol–water partition coefficient (Wildman–Crippen LogP) is 19.4.